The molecule has 0 saturated carbocycles. The van der Waals surface area contributed by atoms with E-state index in [-0.39, 0.29) is 12.4 Å². The molecule has 0 radical (unpaired) electrons. The minimum atomic E-state index is 0.0970. The van der Waals surface area contributed by atoms with Crippen LogP contribution in [0.4, 0.5) is 0 Å². The lowest BCUT2D eigenvalue weighted by Gasteiger charge is -2.21. The van der Waals surface area contributed by atoms with E-state index in [0.29, 0.717) is 6.54 Å². The average Bonchev–Trinajstić information content (AvgIpc) is 2.37. The van der Waals surface area contributed by atoms with Gasteiger partial charge in [-0.2, -0.15) is 0 Å². The predicted octanol–water partition coefficient (Wildman–Crippen LogP) is 1.57. The molecular weight excluding hydrogens is 226 g/mol. The van der Waals surface area contributed by atoms with Crippen molar-refractivity contribution in [2.45, 2.75) is 26.3 Å². The number of amidine groups is 1. The molecule has 18 heavy (non-hydrogen) atoms. The molecule has 0 aromatic heterocycles. The molecule has 4 heteroatoms. The molecule has 0 aliphatic rings. The fourth-order valence-corrected chi connectivity index (χ4v) is 1.84. The van der Waals surface area contributed by atoms with Gasteiger partial charge in [0.1, 0.15) is 5.84 Å². The van der Waals surface area contributed by atoms with Crippen molar-refractivity contribution in [3.05, 3.63) is 35.4 Å². The lowest BCUT2D eigenvalue weighted by Crippen LogP contribution is -2.27. The molecule has 1 aromatic carbocycles. The standard InChI is InChI=1S/C14H23N3O/c1-2-3-8-17(9-10-18)11-12-4-6-13(7-5-12)14(15)16/h4-7,18H,2-3,8-11H2,1H3,(H3,15,16). The Bertz CT molecular complexity index is 362. The molecule has 1 aromatic rings. The van der Waals surface area contributed by atoms with Gasteiger partial charge in [-0.15, -0.1) is 0 Å². The zero-order chi connectivity index (χ0) is 13.4. The molecule has 0 spiro atoms. The number of unbranched alkanes of at least 4 members (excludes halogenated alkanes) is 1. The quantitative estimate of drug-likeness (QED) is 0.483. The molecule has 0 heterocycles. The lowest BCUT2D eigenvalue weighted by molar-refractivity contribution is 0.188. The minimum Gasteiger partial charge on any atom is -0.395 e. The smallest absolute Gasteiger partial charge is 0.122 e. The van der Waals surface area contributed by atoms with E-state index in [9.17, 15) is 0 Å². The average molecular weight is 249 g/mol. The lowest BCUT2D eigenvalue weighted by atomic mass is 10.1. The van der Waals surface area contributed by atoms with Gasteiger partial charge >= 0.3 is 0 Å². The first-order valence-corrected chi connectivity index (χ1v) is 6.44. The van der Waals surface area contributed by atoms with Gasteiger partial charge in [-0.1, -0.05) is 37.6 Å². The Kier molecular flexibility index (Phi) is 6.39. The summed E-state index contributed by atoms with van der Waals surface area (Å²) in [6.45, 7) is 4.90. The molecule has 0 aliphatic carbocycles. The highest BCUT2D eigenvalue weighted by Crippen LogP contribution is 2.08. The van der Waals surface area contributed by atoms with E-state index in [1.54, 1.807) is 0 Å². The van der Waals surface area contributed by atoms with Crippen molar-refractivity contribution in [2.75, 3.05) is 19.7 Å². The summed E-state index contributed by atoms with van der Waals surface area (Å²) >= 11 is 0. The van der Waals surface area contributed by atoms with Crippen molar-refractivity contribution in [2.24, 2.45) is 5.73 Å². The van der Waals surface area contributed by atoms with Gasteiger partial charge in [0, 0.05) is 18.7 Å². The van der Waals surface area contributed by atoms with E-state index in [0.717, 1.165) is 31.5 Å². The van der Waals surface area contributed by atoms with Crippen LogP contribution in [0.25, 0.3) is 0 Å². The number of hydrogen-bond acceptors (Lipinski definition) is 3. The van der Waals surface area contributed by atoms with Gasteiger partial charge in [-0.25, -0.2) is 0 Å². The Hall–Kier alpha value is -1.39. The summed E-state index contributed by atoms with van der Waals surface area (Å²) in [5.74, 6) is 0.0970. The van der Waals surface area contributed by atoms with Crippen molar-refractivity contribution in [1.29, 1.82) is 5.41 Å². The van der Waals surface area contributed by atoms with E-state index >= 15 is 0 Å². The monoisotopic (exact) mass is 249 g/mol. The van der Waals surface area contributed by atoms with Crippen LogP contribution in [0.2, 0.25) is 0 Å². The van der Waals surface area contributed by atoms with Crippen molar-refractivity contribution in [3.8, 4) is 0 Å². The fraction of sp³-hybridized carbons (Fsp3) is 0.500. The van der Waals surface area contributed by atoms with Crippen LogP contribution in [-0.4, -0.2) is 35.5 Å². The van der Waals surface area contributed by atoms with Crippen LogP contribution in [0.5, 0.6) is 0 Å². The highest BCUT2D eigenvalue weighted by molar-refractivity contribution is 5.94. The first-order valence-electron chi connectivity index (χ1n) is 6.44. The number of benzene rings is 1. The predicted molar refractivity (Wildman–Crippen MR) is 74.7 cm³/mol. The molecular formula is C14H23N3O. The molecule has 0 bridgehead atoms. The summed E-state index contributed by atoms with van der Waals surface area (Å²) < 4.78 is 0. The van der Waals surface area contributed by atoms with Crippen molar-refractivity contribution < 1.29 is 5.11 Å². The van der Waals surface area contributed by atoms with Gasteiger partial charge < -0.3 is 10.8 Å². The van der Waals surface area contributed by atoms with Crippen LogP contribution in [0.3, 0.4) is 0 Å². The number of hydrogen-bond donors (Lipinski definition) is 3. The number of nitrogen functional groups attached to an aromatic ring is 1. The molecule has 100 valence electrons. The first kappa shape index (κ1) is 14.7. The summed E-state index contributed by atoms with van der Waals surface area (Å²) in [6, 6.07) is 7.73. The second kappa shape index (κ2) is 7.84. The van der Waals surface area contributed by atoms with Crippen LogP contribution in [0.15, 0.2) is 24.3 Å². The third-order valence-electron chi connectivity index (χ3n) is 2.92. The second-order valence-corrected chi connectivity index (χ2v) is 4.46. The Morgan fingerprint density at radius 3 is 2.44 bits per heavy atom. The van der Waals surface area contributed by atoms with Crippen LogP contribution >= 0.6 is 0 Å². The van der Waals surface area contributed by atoms with Crippen LogP contribution in [-0.2, 0) is 6.54 Å². The second-order valence-electron chi connectivity index (χ2n) is 4.46. The largest absolute Gasteiger partial charge is 0.395 e. The fourth-order valence-electron chi connectivity index (χ4n) is 1.84. The van der Waals surface area contributed by atoms with Gasteiger partial charge in [0.25, 0.3) is 0 Å². The molecule has 1 rings (SSSR count). The molecule has 4 nitrogen and oxygen atoms in total. The number of aliphatic hydroxyl groups is 1. The highest BCUT2D eigenvalue weighted by Gasteiger charge is 2.05. The third kappa shape index (κ3) is 4.85. The Morgan fingerprint density at radius 2 is 1.94 bits per heavy atom. The number of rotatable bonds is 8. The SMILES string of the molecule is CCCCN(CCO)Cc1ccc(C(=N)N)cc1. The van der Waals surface area contributed by atoms with E-state index in [1.807, 2.05) is 24.3 Å². The number of nitrogens with one attached hydrogen (secondary N) is 1. The molecule has 0 atom stereocenters. The molecule has 4 N–H and O–H groups in total. The van der Waals surface area contributed by atoms with Crippen LogP contribution < -0.4 is 5.73 Å². The van der Waals surface area contributed by atoms with Gasteiger partial charge in [-0.3, -0.25) is 10.3 Å². The van der Waals surface area contributed by atoms with Gasteiger partial charge in [0.2, 0.25) is 0 Å². The maximum absolute atomic E-state index is 9.04. The number of nitrogens with two attached hydrogens (primary N) is 1. The summed E-state index contributed by atoms with van der Waals surface area (Å²) in [5.41, 5.74) is 7.35. The maximum atomic E-state index is 9.04. The summed E-state index contributed by atoms with van der Waals surface area (Å²) in [6.07, 6.45) is 2.30. The minimum absolute atomic E-state index is 0.0970. The number of nitrogens with zero attached hydrogens (tertiary/aromatic N) is 1. The van der Waals surface area contributed by atoms with E-state index in [2.05, 4.69) is 11.8 Å². The van der Waals surface area contributed by atoms with E-state index < -0.39 is 0 Å². The van der Waals surface area contributed by atoms with Gasteiger partial charge in [0.05, 0.1) is 6.61 Å². The van der Waals surface area contributed by atoms with Gasteiger partial charge in [-0.05, 0) is 18.5 Å². The normalized spacial score (nSPS) is 10.8. The summed E-state index contributed by atoms with van der Waals surface area (Å²) in [5, 5.41) is 16.4. The van der Waals surface area contributed by atoms with E-state index in [1.165, 1.54) is 5.56 Å². The van der Waals surface area contributed by atoms with Crippen LogP contribution in [0.1, 0.15) is 30.9 Å². The van der Waals surface area contributed by atoms with Gasteiger partial charge in [0.15, 0.2) is 0 Å². The number of aliphatic hydroxyl groups excluding tert-OH is 1. The zero-order valence-corrected chi connectivity index (χ0v) is 11.0. The third-order valence-corrected chi connectivity index (χ3v) is 2.92. The molecule has 0 fully saturated rings. The molecule has 0 unspecified atom stereocenters. The van der Waals surface area contributed by atoms with Crippen molar-refractivity contribution in [3.63, 3.8) is 0 Å². The van der Waals surface area contributed by atoms with E-state index in [4.69, 9.17) is 16.2 Å². The van der Waals surface area contributed by atoms with Crippen molar-refractivity contribution in [1.82, 2.24) is 4.90 Å². The maximum Gasteiger partial charge on any atom is 0.122 e. The Balaban J connectivity index is 2.59. The molecule has 0 saturated heterocycles. The van der Waals surface area contributed by atoms with Crippen molar-refractivity contribution >= 4 is 5.84 Å². The molecule has 0 aliphatic heterocycles. The highest BCUT2D eigenvalue weighted by atomic mass is 16.3. The summed E-state index contributed by atoms with van der Waals surface area (Å²) in [7, 11) is 0. The topological polar surface area (TPSA) is 73.3 Å². The molecule has 0 amide bonds. The van der Waals surface area contributed by atoms with Crippen LogP contribution in [0, 0.1) is 5.41 Å². The Morgan fingerprint density at radius 1 is 1.28 bits per heavy atom. The zero-order valence-electron chi connectivity index (χ0n) is 11.0. The summed E-state index contributed by atoms with van der Waals surface area (Å²) in [4.78, 5) is 2.24. The Labute approximate surface area is 109 Å². The first-order chi connectivity index (χ1) is 8.67.